The van der Waals surface area contributed by atoms with Crippen LogP contribution < -0.4 is 0 Å². The molecule has 2 aliphatic heterocycles. The predicted molar refractivity (Wildman–Crippen MR) is 102 cm³/mol. The number of aliphatic hydroxyl groups is 2. The van der Waals surface area contributed by atoms with E-state index in [-0.39, 0.29) is 5.91 Å². The Morgan fingerprint density at radius 1 is 1.00 bits per heavy atom. The van der Waals surface area contributed by atoms with Crippen molar-refractivity contribution in [3.05, 3.63) is 35.9 Å². The molecule has 5 nitrogen and oxygen atoms in total. The third-order valence-corrected chi connectivity index (χ3v) is 7.05. The molecule has 5 heteroatoms. The first-order chi connectivity index (χ1) is 13.1. The molecule has 3 fully saturated rings. The van der Waals surface area contributed by atoms with E-state index in [9.17, 15) is 15.0 Å². The number of aliphatic hydroxyl groups excluding tert-OH is 2. The van der Waals surface area contributed by atoms with Gasteiger partial charge in [0.2, 0.25) is 5.91 Å². The second kappa shape index (κ2) is 7.53. The molecular formula is C22H31NO4. The summed E-state index contributed by atoms with van der Waals surface area (Å²) in [5.74, 6) is 0.231. The van der Waals surface area contributed by atoms with E-state index in [2.05, 4.69) is 12.1 Å². The fourth-order valence-corrected chi connectivity index (χ4v) is 5.35. The fraction of sp³-hybridized carbons (Fsp3) is 0.682. The number of hydrogen-bond acceptors (Lipinski definition) is 4. The van der Waals surface area contributed by atoms with Crippen molar-refractivity contribution in [3.8, 4) is 0 Å². The molecule has 2 saturated heterocycles. The summed E-state index contributed by atoms with van der Waals surface area (Å²) in [6, 6.07) is 10.2. The van der Waals surface area contributed by atoms with Crippen LogP contribution in [0.25, 0.3) is 0 Å². The molecule has 1 amide bonds. The van der Waals surface area contributed by atoms with Gasteiger partial charge < -0.3 is 19.8 Å². The van der Waals surface area contributed by atoms with Gasteiger partial charge in [-0.25, -0.2) is 0 Å². The van der Waals surface area contributed by atoms with Crippen molar-refractivity contribution in [1.29, 1.82) is 0 Å². The van der Waals surface area contributed by atoms with Gasteiger partial charge in [-0.05, 0) is 37.7 Å². The van der Waals surface area contributed by atoms with Crippen LogP contribution in [-0.2, 0) is 14.9 Å². The first kappa shape index (κ1) is 18.9. The van der Waals surface area contributed by atoms with Crippen molar-refractivity contribution >= 4 is 5.91 Å². The Kier molecular flexibility index (Phi) is 5.28. The molecule has 0 radical (unpaired) electrons. The summed E-state index contributed by atoms with van der Waals surface area (Å²) in [4.78, 5) is 15.6. The van der Waals surface area contributed by atoms with Gasteiger partial charge in [0.25, 0.3) is 0 Å². The fourth-order valence-electron chi connectivity index (χ4n) is 5.35. The zero-order chi connectivity index (χ0) is 18.9. The summed E-state index contributed by atoms with van der Waals surface area (Å²) in [5, 5.41) is 20.5. The summed E-state index contributed by atoms with van der Waals surface area (Å²) in [6.07, 6.45) is 5.26. The lowest BCUT2D eigenvalue weighted by Crippen LogP contribution is -2.61. The Morgan fingerprint density at radius 3 is 2.33 bits per heavy atom. The van der Waals surface area contributed by atoms with E-state index in [1.165, 1.54) is 6.42 Å². The molecule has 2 N–H and O–H groups in total. The summed E-state index contributed by atoms with van der Waals surface area (Å²) in [6.45, 7) is 1.63. The molecule has 1 aromatic rings. The number of likely N-dealkylation sites (tertiary alicyclic amines) is 1. The lowest BCUT2D eigenvalue weighted by atomic mass is 9.68. The number of piperidine rings is 1. The van der Waals surface area contributed by atoms with Gasteiger partial charge in [-0.2, -0.15) is 0 Å². The number of benzene rings is 1. The topological polar surface area (TPSA) is 70.0 Å². The Hall–Kier alpha value is -1.43. The Morgan fingerprint density at radius 2 is 1.67 bits per heavy atom. The summed E-state index contributed by atoms with van der Waals surface area (Å²) in [5.41, 5.74) is 0.0376. The van der Waals surface area contributed by atoms with E-state index < -0.39 is 23.2 Å². The van der Waals surface area contributed by atoms with Crippen molar-refractivity contribution in [2.75, 3.05) is 19.7 Å². The second-order valence-electron chi connectivity index (χ2n) is 8.52. The number of nitrogens with zero attached hydrogens (tertiary/aromatic N) is 1. The van der Waals surface area contributed by atoms with E-state index in [1.54, 1.807) is 0 Å². The van der Waals surface area contributed by atoms with Crippen molar-refractivity contribution in [1.82, 2.24) is 4.90 Å². The van der Waals surface area contributed by atoms with Crippen LogP contribution in [-0.4, -0.2) is 58.5 Å². The molecule has 27 heavy (non-hydrogen) atoms. The largest absolute Gasteiger partial charge is 0.390 e. The minimum atomic E-state index is -0.860. The zero-order valence-electron chi connectivity index (χ0n) is 16.0. The Balaban J connectivity index is 1.52. The van der Waals surface area contributed by atoms with Crippen molar-refractivity contribution < 1.29 is 19.7 Å². The van der Waals surface area contributed by atoms with Crippen LogP contribution in [0.2, 0.25) is 0 Å². The predicted octanol–water partition coefficient (Wildman–Crippen LogP) is 2.39. The Bertz CT molecular complexity index is 648. The maximum absolute atomic E-state index is 13.7. The van der Waals surface area contributed by atoms with Gasteiger partial charge in [0.1, 0.15) is 6.10 Å². The number of carbonyl (C=O) groups excluding carboxylic acids is 1. The van der Waals surface area contributed by atoms with E-state index in [0.717, 1.165) is 31.2 Å². The van der Waals surface area contributed by atoms with E-state index in [4.69, 9.17) is 4.74 Å². The van der Waals surface area contributed by atoms with Crippen LogP contribution in [0.1, 0.15) is 56.9 Å². The van der Waals surface area contributed by atoms with Gasteiger partial charge in [-0.3, -0.25) is 4.79 Å². The molecule has 1 spiro atoms. The van der Waals surface area contributed by atoms with Crippen molar-refractivity contribution in [3.63, 3.8) is 0 Å². The molecule has 1 aromatic carbocycles. The molecule has 1 saturated carbocycles. The standard InChI is InChI=1S/C22H31NO4/c24-18-9-16-27-22(19(18)25)12-14-23(15-13-22)20(26)21(10-5-2-6-11-21)17-7-3-1-4-8-17/h1,3-4,7-8,18-19,24-25H,2,5-6,9-16H2/t18-,19-/m0/s1. The van der Waals surface area contributed by atoms with Crippen LogP contribution in [0.5, 0.6) is 0 Å². The van der Waals surface area contributed by atoms with E-state index in [0.29, 0.717) is 39.0 Å². The molecule has 1 aliphatic carbocycles. The molecule has 0 bridgehead atoms. The number of carbonyl (C=O) groups is 1. The number of amides is 1. The summed E-state index contributed by atoms with van der Waals surface area (Å²) >= 11 is 0. The third kappa shape index (κ3) is 3.30. The van der Waals surface area contributed by atoms with Crippen LogP contribution >= 0.6 is 0 Å². The summed E-state index contributed by atoms with van der Waals surface area (Å²) in [7, 11) is 0. The lowest BCUT2D eigenvalue weighted by Gasteiger charge is -2.50. The number of rotatable bonds is 2. The molecule has 0 unspecified atom stereocenters. The molecule has 0 aromatic heterocycles. The molecule has 2 atom stereocenters. The van der Waals surface area contributed by atoms with Crippen LogP contribution in [0, 0.1) is 0 Å². The quantitative estimate of drug-likeness (QED) is 0.835. The van der Waals surface area contributed by atoms with E-state index in [1.807, 2.05) is 23.1 Å². The van der Waals surface area contributed by atoms with E-state index >= 15 is 0 Å². The van der Waals surface area contributed by atoms with Crippen LogP contribution in [0.4, 0.5) is 0 Å². The minimum Gasteiger partial charge on any atom is -0.390 e. The highest BCUT2D eigenvalue weighted by Crippen LogP contribution is 2.43. The highest BCUT2D eigenvalue weighted by atomic mass is 16.5. The van der Waals surface area contributed by atoms with Crippen LogP contribution in [0.15, 0.2) is 30.3 Å². The van der Waals surface area contributed by atoms with Gasteiger partial charge in [-0.15, -0.1) is 0 Å². The number of hydrogen-bond donors (Lipinski definition) is 2. The first-order valence-corrected chi connectivity index (χ1v) is 10.4. The molecule has 2 heterocycles. The third-order valence-electron chi connectivity index (χ3n) is 7.05. The molecule has 3 aliphatic rings. The summed E-state index contributed by atoms with van der Waals surface area (Å²) < 4.78 is 5.92. The van der Waals surface area contributed by atoms with Gasteiger partial charge in [0.15, 0.2) is 0 Å². The average Bonchev–Trinajstić information content (AvgIpc) is 2.73. The van der Waals surface area contributed by atoms with Gasteiger partial charge in [-0.1, -0.05) is 49.6 Å². The normalized spacial score (nSPS) is 30.2. The number of ether oxygens (including phenoxy) is 1. The smallest absolute Gasteiger partial charge is 0.233 e. The van der Waals surface area contributed by atoms with Crippen molar-refractivity contribution in [2.45, 2.75) is 74.6 Å². The second-order valence-corrected chi connectivity index (χ2v) is 8.52. The molecule has 148 valence electrons. The zero-order valence-corrected chi connectivity index (χ0v) is 16.0. The Labute approximate surface area is 161 Å². The SMILES string of the molecule is O=C(N1CCC2(CC1)OCC[C@H](O)[C@@H]2O)C1(c2ccccc2)CCCCC1. The van der Waals surface area contributed by atoms with Gasteiger partial charge >= 0.3 is 0 Å². The van der Waals surface area contributed by atoms with Crippen molar-refractivity contribution in [2.24, 2.45) is 0 Å². The molecular weight excluding hydrogens is 342 g/mol. The average molecular weight is 373 g/mol. The molecule has 4 rings (SSSR count). The monoisotopic (exact) mass is 373 g/mol. The van der Waals surface area contributed by atoms with Crippen LogP contribution in [0.3, 0.4) is 0 Å². The highest BCUT2D eigenvalue weighted by molar-refractivity contribution is 5.88. The van der Waals surface area contributed by atoms with Gasteiger partial charge in [0, 0.05) is 13.1 Å². The lowest BCUT2D eigenvalue weighted by molar-refractivity contribution is -0.214. The van der Waals surface area contributed by atoms with Gasteiger partial charge in [0.05, 0.1) is 23.7 Å². The minimum absolute atomic E-state index is 0.231. The maximum Gasteiger partial charge on any atom is 0.233 e. The highest BCUT2D eigenvalue weighted by Gasteiger charge is 2.50. The first-order valence-electron chi connectivity index (χ1n) is 10.4. The maximum atomic E-state index is 13.7.